The maximum absolute atomic E-state index is 4.36. The topological polar surface area (TPSA) is 40.7 Å². The van der Waals surface area contributed by atoms with E-state index in [1.807, 2.05) is 12.3 Å². The average molecular weight is 225 g/mol. The first-order valence-corrected chi connectivity index (χ1v) is 6.27. The number of H-pyrrole nitrogens is 1. The summed E-state index contributed by atoms with van der Waals surface area (Å²) in [5.41, 5.74) is 4.08. The third kappa shape index (κ3) is 1.29. The van der Waals surface area contributed by atoms with Crippen molar-refractivity contribution in [3.63, 3.8) is 0 Å². The molecule has 0 unspecified atom stereocenters. The quantitative estimate of drug-likeness (QED) is 0.782. The predicted octanol–water partition coefficient (Wildman–Crippen LogP) is 2.47. The van der Waals surface area contributed by atoms with E-state index in [-0.39, 0.29) is 5.54 Å². The molecule has 0 saturated heterocycles. The molecule has 4 rings (SSSR count). The van der Waals surface area contributed by atoms with Gasteiger partial charge in [-0.1, -0.05) is 6.08 Å². The molecule has 3 heteroatoms. The van der Waals surface area contributed by atoms with Crippen molar-refractivity contribution in [2.24, 2.45) is 0 Å². The zero-order valence-corrected chi connectivity index (χ0v) is 9.66. The summed E-state index contributed by atoms with van der Waals surface area (Å²) in [5.74, 6) is 0. The Morgan fingerprint density at radius 3 is 3.12 bits per heavy atom. The third-order valence-corrected chi connectivity index (χ3v) is 3.96. The van der Waals surface area contributed by atoms with Crippen LogP contribution in [-0.4, -0.2) is 22.1 Å². The van der Waals surface area contributed by atoms with E-state index in [1.54, 1.807) is 0 Å². The van der Waals surface area contributed by atoms with Gasteiger partial charge in [0.05, 0.1) is 0 Å². The molecule has 1 aliphatic heterocycles. The first-order valence-electron chi connectivity index (χ1n) is 6.27. The van der Waals surface area contributed by atoms with Crippen molar-refractivity contribution < 1.29 is 0 Å². The number of fused-ring (bicyclic) bond motifs is 1. The Labute approximate surface area is 99.9 Å². The van der Waals surface area contributed by atoms with Crippen LogP contribution in [0.3, 0.4) is 0 Å². The molecular weight excluding hydrogens is 210 g/mol. The van der Waals surface area contributed by atoms with Crippen LogP contribution in [0.4, 0.5) is 0 Å². The summed E-state index contributed by atoms with van der Waals surface area (Å²) in [7, 11) is 0. The van der Waals surface area contributed by atoms with Crippen LogP contribution in [0.2, 0.25) is 0 Å². The maximum atomic E-state index is 4.36. The number of aromatic nitrogens is 2. The molecule has 86 valence electrons. The summed E-state index contributed by atoms with van der Waals surface area (Å²) in [4.78, 5) is 7.63. The van der Waals surface area contributed by atoms with E-state index in [0.717, 1.165) is 18.6 Å². The molecule has 17 heavy (non-hydrogen) atoms. The Hall–Kier alpha value is -1.61. The van der Waals surface area contributed by atoms with Gasteiger partial charge in [-0.3, -0.25) is 0 Å². The first-order chi connectivity index (χ1) is 8.39. The fourth-order valence-electron chi connectivity index (χ4n) is 2.94. The highest BCUT2D eigenvalue weighted by Crippen LogP contribution is 2.49. The van der Waals surface area contributed by atoms with Crippen LogP contribution < -0.4 is 5.32 Å². The minimum atomic E-state index is 0.281. The smallest absolute Gasteiger partial charge is 0.137 e. The van der Waals surface area contributed by atoms with Crippen LogP contribution in [-0.2, 0) is 0 Å². The first kappa shape index (κ1) is 9.42. The minimum Gasteiger partial charge on any atom is -0.346 e. The molecule has 2 aromatic rings. The number of rotatable bonds is 1. The number of pyridine rings is 1. The standard InChI is InChI=1S/C14H15N3/c1-3-10-11(9-16-13(10)15-7-1)12-4-2-8-17-14(12)5-6-14/h1,3-4,7,9,17H,2,5-6,8H2,(H,15,16). The predicted molar refractivity (Wildman–Crippen MR) is 68.7 cm³/mol. The van der Waals surface area contributed by atoms with Gasteiger partial charge < -0.3 is 10.3 Å². The lowest BCUT2D eigenvalue weighted by molar-refractivity contribution is 0.584. The third-order valence-electron chi connectivity index (χ3n) is 3.96. The Morgan fingerprint density at radius 2 is 2.24 bits per heavy atom. The van der Waals surface area contributed by atoms with Gasteiger partial charge in [0.15, 0.2) is 0 Å². The van der Waals surface area contributed by atoms with Crippen LogP contribution in [0.25, 0.3) is 16.6 Å². The summed E-state index contributed by atoms with van der Waals surface area (Å²) >= 11 is 0. The van der Waals surface area contributed by atoms with Crippen molar-refractivity contribution >= 4 is 16.6 Å². The van der Waals surface area contributed by atoms with Gasteiger partial charge in [0.2, 0.25) is 0 Å². The molecule has 3 heterocycles. The molecule has 2 N–H and O–H groups in total. The second-order valence-electron chi connectivity index (χ2n) is 5.02. The van der Waals surface area contributed by atoms with E-state index in [0.29, 0.717) is 0 Å². The van der Waals surface area contributed by atoms with Crippen molar-refractivity contribution in [1.82, 2.24) is 15.3 Å². The Balaban J connectivity index is 1.91. The summed E-state index contributed by atoms with van der Waals surface area (Å²) in [6.45, 7) is 1.12. The zero-order chi connectivity index (χ0) is 11.3. The van der Waals surface area contributed by atoms with Gasteiger partial charge in [-0.15, -0.1) is 0 Å². The molecular formula is C14H15N3. The number of hydrogen-bond acceptors (Lipinski definition) is 2. The molecule has 2 aliphatic rings. The molecule has 0 atom stereocenters. The van der Waals surface area contributed by atoms with Crippen LogP contribution in [0.1, 0.15) is 24.8 Å². The molecule has 1 aliphatic carbocycles. The number of nitrogens with zero attached hydrogens (tertiary/aromatic N) is 1. The average Bonchev–Trinajstić information content (AvgIpc) is 3.01. The summed E-state index contributed by atoms with van der Waals surface area (Å²) in [6.07, 6.45) is 10.0. The molecule has 1 fully saturated rings. The van der Waals surface area contributed by atoms with Crippen molar-refractivity contribution in [1.29, 1.82) is 0 Å². The van der Waals surface area contributed by atoms with Gasteiger partial charge in [-0.2, -0.15) is 0 Å². The summed E-state index contributed by atoms with van der Waals surface area (Å²) < 4.78 is 0. The molecule has 1 saturated carbocycles. The monoisotopic (exact) mass is 225 g/mol. The highest BCUT2D eigenvalue weighted by molar-refractivity contribution is 5.94. The maximum Gasteiger partial charge on any atom is 0.137 e. The Morgan fingerprint density at radius 1 is 1.29 bits per heavy atom. The lowest BCUT2D eigenvalue weighted by Crippen LogP contribution is -2.36. The highest BCUT2D eigenvalue weighted by atomic mass is 15.0. The molecule has 0 bridgehead atoms. The largest absolute Gasteiger partial charge is 0.346 e. The normalized spacial score (nSPS) is 21.8. The second-order valence-corrected chi connectivity index (χ2v) is 5.02. The van der Waals surface area contributed by atoms with E-state index in [1.165, 1.54) is 29.4 Å². The Bertz CT molecular complexity index is 605. The van der Waals surface area contributed by atoms with Crippen LogP contribution in [0.15, 0.2) is 30.6 Å². The molecule has 3 nitrogen and oxygen atoms in total. The molecule has 0 amide bonds. The van der Waals surface area contributed by atoms with Crippen molar-refractivity contribution in [2.45, 2.75) is 24.8 Å². The van der Waals surface area contributed by atoms with Crippen LogP contribution >= 0.6 is 0 Å². The second kappa shape index (κ2) is 3.20. The lowest BCUT2D eigenvalue weighted by Gasteiger charge is -2.25. The number of hydrogen-bond donors (Lipinski definition) is 2. The minimum absolute atomic E-state index is 0.281. The SMILES string of the molecule is C1=C(c2c[nH]c3ncccc23)C2(CC2)NCC1. The fraction of sp³-hybridized carbons (Fsp3) is 0.357. The Kier molecular flexibility index (Phi) is 1.77. The van der Waals surface area contributed by atoms with E-state index in [4.69, 9.17) is 0 Å². The van der Waals surface area contributed by atoms with Gasteiger partial charge >= 0.3 is 0 Å². The van der Waals surface area contributed by atoms with Crippen molar-refractivity contribution in [2.75, 3.05) is 6.54 Å². The van der Waals surface area contributed by atoms with Gasteiger partial charge in [0.25, 0.3) is 0 Å². The zero-order valence-electron chi connectivity index (χ0n) is 9.66. The van der Waals surface area contributed by atoms with Crippen LogP contribution in [0, 0.1) is 0 Å². The number of nitrogens with one attached hydrogen (secondary N) is 2. The summed E-state index contributed by atoms with van der Waals surface area (Å²) in [5, 5.41) is 4.91. The molecule has 2 aromatic heterocycles. The van der Waals surface area contributed by atoms with E-state index in [2.05, 4.69) is 33.6 Å². The van der Waals surface area contributed by atoms with E-state index >= 15 is 0 Å². The van der Waals surface area contributed by atoms with Gasteiger partial charge in [-0.25, -0.2) is 4.98 Å². The van der Waals surface area contributed by atoms with E-state index in [9.17, 15) is 0 Å². The molecule has 0 radical (unpaired) electrons. The number of aromatic amines is 1. The fourth-order valence-corrected chi connectivity index (χ4v) is 2.94. The lowest BCUT2D eigenvalue weighted by atomic mass is 9.93. The van der Waals surface area contributed by atoms with Crippen molar-refractivity contribution in [3.8, 4) is 0 Å². The molecule has 0 aromatic carbocycles. The van der Waals surface area contributed by atoms with Gasteiger partial charge in [0.1, 0.15) is 5.65 Å². The van der Waals surface area contributed by atoms with Crippen LogP contribution in [0.5, 0.6) is 0 Å². The van der Waals surface area contributed by atoms with Gasteiger partial charge in [0, 0.05) is 28.9 Å². The summed E-state index contributed by atoms with van der Waals surface area (Å²) in [6, 6.07) is 4.16. The molecule has 1 spiro atoms. The van der Waals surface area contributed by atoms with Gasteiger partial charge in [-0.05, 0) is 43.5 Å². The van der Waals surface area contributed by atoms with E-state index < -0.39 is 0 Å². The highest BCUT2D eigenvalue weighted by Gasteiger charge is 2.47. The van der Waals surface area contributed by atoms with Crippen molar-refractivity contribution in [3.05, 3.63) is 36.2 Å².